The SMILES string of the molecule is O=C(O)c1cc(Br)cc(C(O)C(F)(F)F)c1. The minimum absolute atomic E-state index is 0.158. The van der Waals surface area contributed by atoms with E-state index in [2.05, 4.69) is 15.9 Å². The van der Waals surface area contributed by atoms with E-state index < -0.39 is 23.8 Å². The van der Waals surface area contributed by atoms with Gasteiger partial charge < -0.3 is 10.2 Å². The van der Waals surface area contributed by atoms with Crippen LogP contribution in [0, 0.1) is 0 Å². The molecule has 0 aliphatic rings. The van der Waals surface area contributed by atoms with E-state index in [9.17, 15) is 18.0 Å². The molecule has 0 saturated carbocycles. The van der Waals surface area contributed by atoms with Crippen molar-refractivity contribution < 1.29 is 28.2 Å². The summed E-state index contributed by atoms with van der Waals surface area (Å²) in [6.07, 6.45) is -7.51. The van der Waals surface area contributed by atoms with E-state index in [1.165, 1.54) is 0 Å². The van der Waals surface area contributed by atoms with Crippen LogP contribution in [0.15, 0.2) is 22.7 Å². The smallest absolute Gasteiger partial charge is 0.418 e. The summed E-state index contributed by atoms with van der Waals surface area (Å²) in [4.78, 5) is 10.6. The van der Waals surface area contributed by atoms with E-state index >= 15 is 0 Å². The molecule has 1 rings (SSSR count). The number of aliphatic hydroxyl groups is 1. The number of hydrogen-bond acceptors (Lipinski definition) is 2. The summed E-state index contributed by atoms with van der Waals surface area (Å²) in [6.45, 7) is 0. The van der Waals surface area contributed by atoms with Gasteiger partial charge in [0.1, 0.15) is 0 Å². The van der Waals surface area contributed by atoms with Crippen molar-refractivity contribution in [1.82, 2.24) is 0 Å². The number of aliphatic hydroxyl groups excluding tert-OH is 1. The normalized spacial score (nSPS) is 13.6. The van der Waals surface area contributed by atoms with Gasteiger partial charge in [-0.15, -0.1) is 0 Å². The van der Waals surface area contributed by atoms with Crippen LogP contribution in [0.1, 0.15) is 22.0 Å². The minimum atomic E-state index is -4.82. The van der Waals surface area contributed by atoms with E-state index in [4.69, 9.17) is 10.2 Å². The maximum absolute atomic E-state index is 12.2. The molecule has 7 heteroatoms. The van der Waals surface area contributed by atoms with Gasteiger partial charge in [-0.3, -0.25) is 0 Å². The zero-order valence-electron chi connectivity index (χ0n) is 7.62. The van der Waals surface area contributed by atoms with Crippen molar-refractivity contribution in [3.05, 3.63) is 33.8 Å². The number of halogens is 4. The van der Waals surface area contributed by atoms with Crippen molar-refractivity contribution in [3.8, 4) is 0 Å². The highest BCUT2D eigenvalue weighted by molar-refractivity contribution is 9.10. The maximum Gasteiger partial charge on any atom is 0.418 e. The van der Waals surface area contributed by atoms with Crippen LogP contribution in [0.25, 0.3) is 0 Å². The molecule has 0 aliphatic carbocycles. The number of hydrogen-bond donors (Lipinski definition) is 2. The molecule has 0 bridgehead atoms. The van der Waals surface area contributed by atoms with Crippen LogP contribution in [-0.2, 0) is 0 Å². The predicted octanol–water partition coefficient (Wildman–Crippen LogP) is 2.74. The number of carbonyl (C=O) groups is 1. The number of aromatic carboxylic acids is 1. The third-order valence-corrected chi connectivity index (χ3v) is 2.25. The summed E-state index contributed by atoms with van der Waals surface area (Å²) in [5.41, 5.74) is -0.841. The quantitative estimate of drug-likeness (QED) is 0.883. The fourth-order valence-electron chi connectivity index (χ4n) is 1.08. The lowest BCUT2D eigenvalue weighted by Crippen LogP contribution is -2.20. The molecule has 2 N–H and O–H groups in total. The Labute approximate surface area is 96.6 Å². The highest BCUT2D eigenvalue weighted by Crippen LogP contribution is 2.34. The topological polar surface area (TPSA) is 57.5 Å². The van der Waals surface area contributed by atoms with Crippen molar-refractivity contribution >= 4 is 21.9 Å². The van der Waals surface area contributed by atoms with Crippen LogP contribution >= 0.6 is 15.9 Å². The molecule has 0 aliphatic heterocycles. The maximum atomic E-state index is 12.2. The second kappa shape index (κ2) is 4.42. The molecule has 1 aromatic carbocycles. The second-order valence-corrected chi connectivity index (χ2v) is 3.94. The number of carboxylic acid groups (broad SMARTS) is 1. The van der Waals surface area contributed by atoms with E-state index in [0.717, 1.165) is 18.2 Å². The Morgan fingerprint density at radius 1 is 1.31 bits per heavy atom. The molecular weight excluding hydrogens is 293 g/mol. The van der Waals surface area contributed by atoms with Gasteiger partial charge in [0.25, 0.3) is 0 Å². The number of rotatable bonds is 2. The Kier molecular flexibility index (Phi) is 3.59. The van der Waals surface area contributed by atoms with E-state index in [0.29, 0.717) is 0 Å². The lowest BCUT2D eigenvalue weighted by molar-refractivity contribution is -0.206. The Morgan fingerprint density at radius 3 is 2.31 bits per heavy atom. The average molecular weight is 299 g/mol. The summed E-state index contributed by atoms with van der Waals surface area (Å²) in [6, 6.07) is 2.95. The van der Waals surface area contributed by atoms with Crippen molar-refractivity contribution in [1.29, 1.82) is 0 Å². The van der Waals surface area contributed by atoms with Crippen LogP contribution in [-0.4, -0.2) is 22.4 Å². The largest absolute Gasteiger partial charge is 0.478 e. The molecule has 0 amide bonds. The highest BCUT2D eigenvalue weighted by Gasteiger charge is 2.39. The molecule has 1 unspecified atom stereocenters. The second-order valence-electron chi connectivity index (χ2n) is 3.02. The zero-order valence-corrected chi connectivity index (χ0v) is 9.21. The van der Waals surface area contributed by atoms with E-state index in [1.807, 2.05) is 0 Å². The van der Waals surface area contributed by atoms with Gasteiger partial charge in [-0.25, -0.2) is 4.79 Å². The highest BCUT2D eigenvalue weighted by atomic mass is 79.9. The van der Waals surface area contributed by atoms with Crippen LogP contribution < -0.4 is 0 Å². The monoisotopic (exact) mass is 298 g/mol. The van der Waals surface area contributed by atoms with Gasteiger partial charge in [-0.05, 0) is 23.8 Å². The Balaban J connectivity index is 3.20. The van der Waals surface area contributed by atoms with E-state index in [1.54, 1.807) is 0 Å². The summed E-state index contributed by atoms with van der Waals surface area (Å²) < 4.78 is 36.7. The molecule has 0 saturated heterocycles. The molecule has 1 aromatic rings. The Morgan fingerprint density at radius 2 is 1.88 bits per heavy atom. The molecule has 0 aromatic heterocycles. The summed E-state index contributed by atoms with van der Waals surface area (Å²) in [5.74, 6) is -1.36. The molecule has 88 valence electrons. The molecule has 0 spiro atoms. The summed E-state index contributed by atoms with van der Waals surface area (Å²) in [5, 5.41) is 17.6. The first-order valence-corrected chi connectivity index (χ1v) is 4.79. The van der Waals surface area contributed by atoms with Crippen LogP contribution in [0.3, 0.4) is 0 Å². The van der Waals surface area contributed by atoms with Crippen LogP contribution in [0.2, 0.25) is 0 Å². The van der Waals surface area contributed by atoms with Gasteiger partial charge in [-0.1, -0.05) is 15.9 Å². The number of alkyl halides is 3. The summed E-state index contributed by atoms with van der Waals surface area (Å²) >= 11 is 2.87. The lowest BCUT2D eigenvalue weighted by Gasteiger charge is -2.15. The third-order valence-electron chi connectivity index (χ3n) is 1.79. The van der Waals surface area contributed by atoms with Crippen molar-refractivity contribution in [3.63, 3.8) is 0 Å². The first-order chi connectivity index (χ1) is 7.21. The van der Waals surface area contributed by atoms with Gasteiger partial charge in [-0.2, -0.15) is 13.2 Å². The fraction of sp³-hybridized carbons (Fsp3) is 0.222. The Hall–Kier alpha value is -1.08. The molecular formula is C9H6BrF3O3. The van der Waals surface area contributed by atoms with Gasteiger partial charge >= 0.3 is 12.1 Å². The van der Waals surface area contributed by atoms with Gasteiger partial charge in [0.05, 0.1) is 5.56 Å². The molecule has 0 radical (unpaired) electrons. The van der Waals surface area contributed by atoms with Gasteiger partial charge in [0.2, 0.25) is 0 Å². The molecule has 1 atom stereocenters. The zero-order chi connectivity index (χ0) is 12.5. The predicted molar refractivity (Wildman–Crippen MR) is 52.1 cm³/mol. The van der Waals surface area contributed by atoms with Gasteiger partial charge in [0.15, 0.2) is 6.10 Å². The first kappa shape index (κ1) is 13.0. The summed E-state index contributed by atoms with van der Waals surface area (Å²) in [7, 11) is 0. The molecule has 0 fully saturated rings. The number of benzene rings is 1. The van der Waals surface area contributed by atoms with Crippen molar-refractivity contribution in [2.45, 2.75) is 12.3 Å². The Bertz CT molecular complexity index is 417. The standard InChI is InChI=1S/C9H6BrF3O3/c10-6-2-4(7(14)9(11,12)13)1-5(3-6)8(15)16/h1-3,7,14H,(H,15,16). The fourth-order valence-corrected chi connectivity index (χ4v) is 1.59. The molecule has 3 nitrogen and oxygen atoms in total. The van der Waals surface area contributed by atoms with Crippen molar-refractivity contribution in [2.24, 2.45) is 0 Å². The van der Waals surface area contributed by atoms with Gasteiger partial charge in [0, 0.05) is 4.47 Å². The van der Waals surface area contributed by atoms with Crippen LogP contribution in [0.4, 0.5) is 13.2 Å². The van der Waals surface area contributed by atoms with Crippen LogP contribution in [0.5, 0.6) is 0 Å². The minimum Gasteiger partial charge on any atom is -0.478 e. The third kappa shape index (κ3) is 2.96. The first-order valence-electron chi connectivity index (χ1n) is 4.00. The molecule has 0 heterocycles. The molecule has 16 heavy (non-hydrogen) atoms. The number of carboxylic acids is 1. The van der Waals surface area contributed by atoms with Crippen molar-refractivity contribution in [2.75, 3.05) is 0 Å². The lowest BCUT2D eigenvalue weighted by atomic mass is 10.1. The average Bonchev–Trinajstić information content (AvgIpc) is 2.14. The van der Waals surface area contributed by atoms with E-state index in [-0.39, 0.29) is 10.0 Å².